The van der Waals surface area contributed by atoms with E-state index in [4.69, 9.17) is 17.6 Å². The van der Waals surface area contributed by atoms with Crippen molar-refractivity contribution in [3.63, 3.8) is 0 Å². The minimum atomic E-state index is -4.37. The first kappa shape index (κ1) is 23.2. The van der Waals surface area contributed by atoms with E-state index < -0.39 is 35.1 Å². The highest BCUT2D eigenvalue weighted by Gasteiger charge is 2.27. The molecule has 0 aliphatic carbocycles. The number of anilines is 1. The highest BCUT2D eigenvalue weighted by Crippen LogP contribution is 2.19. The van der Waals surface area contributed by atoms with E-state index in [0.29, 0.717) is 5.69 Å². The number of alkyl halides is 3. The molecule has 0 aromatic carbocycles. The molecule has 1 atom stereocenters. The van der Waals surface area contributed by atoms with Crippen LogP contribution in [0.4, 0.5) is 18.9 Å². The van der Waals surface area contributed by atoms with Crippen LogP contribution in [0.1, 0.15) is 19.8 Å². The third kappa shape index (κ3) is 8.59. The highest BCUT2D eigenvalue weighted by atomic mass is 35.5. The van der Waals surface area contributed by atoms with Crippen LogP contribution >= 0.6 is 11.8 Å². The smallest absolute Gasteiger partial charge is 0.297 e. The van der Waals surface area contributed by atoms with E-state index in [1.807, 2.05) is 0 Å². The molecule has 152 valence electrons. The highest BCUT2D eigenvalue weighted by molar-refractivity contribution is 7.84. The lowest BCUT2D eigenvalue weighted by Gasteiger charge is -2.25. The van der Waals surface area contributed by atoms with Gasteiger partial charge < -0.3 is 0 Å². The molecular formula is C15H21ClF3N5O2S. The van der Waals surface area contributed by atoms with Gasteiger partial charge in [0.15, 0.2) is 0 Å². The molecule has 0 spiro atoms. The molecule has 1 rings (SSSR count). The average Bonchev–Trinajstić information content (AvgIpc) is 2.64. The van der Waals surface area contributed by atoms with Crippen molar-refractivity contribution in [2.75, 3.05) is 23.1 Å². The van der Waals surface area contributed by atoms with E-state index in [1.54, 1.807) is 25.3 Å². The van der Waals surface area contributed by atoms with Gasteiger partial charge in [-0.05, 0) is 19.1 Å². The normalized spacial score (nSPS) is 13.2. The van der Waals surface area contributed by atoms with Gasteiger partial charge in [0.1, 0.15) is 5.82 Å². The molecule has 0 fully saturated rings. The minimum absolute atomic E-state index is 0.164. The van der Waals surface area contributed by atoms with Crippen LogP contribution in [0.15, 0.2) is 36.5 Å². The summed E-state index contributed by atoms with van der Waals surface area (Å²) >= 11 is 5.68. The number of pyridine rings is 1. The number of hydrogen-bond donors (Lipinski definition) is 2. The van der Waals surface area contributed by atoms with E-state index in [9.17, 15) is 22.2 Å². The Kier molecular flexibility index (Phi) is 9.53. The number of aromatic nitrogens is 1. The molecule has 0 aliphatic heterocycles. The van der Waals surface area contributed by atoms with E-state index in [0.717, 1.165) is 0 Å². The quantitative estimate of drug-likeness (QED) is 0.338. The van der Waals surface area contributed by atoms with Gasteiger partial charge in [0.2, 0.25) is 5.91 Å². The molecule has 12 heteroatoms. The number of hydrazine groups is 1. The summed E-state index contributed by atoms with van der Waals surface area (Å²) in [6, 6.07) is 3.37. The van der Waals surface area contributed by atoms with E-state index >= 15 is 0 Å². The third-order valence-corrected chi connectivity index (χ3v) is 4.88. The summed E-state index contributed by atoms with van der Waals surface area (Å²) in [5, 5.41) is 1.20. The van der Waals surface area contributed by atoms with Gasteiger partial charge in [-0.1, -0.05) is 0 Å². The third-order valence-electron chi connectivity index (χ3n) is 3.37. The molecule has 0 saturated heterocycles. The lowest BCUT2D eigenvalue weighted by Crippen LogP contribution is -2.37. The predicted molar refractivity (Wildman–Crippen MR) is 98.5 cm³/mol. The molecule has 0 bridgehead atoms. The topological polar surface area (TPSA) is 91.6 Å². The second-order valence-electron chi connectivity index (χ2n) is 5.33. The molecule has 1 aromatic heterocycles. The number of nitrogens with one attached hydrogen (secondary N) is 1. The zero-order valence-corrected chi connectivity index (χ0v) is 16.2. The maximum Gasteiger partial charge on any atom is 0.390 e. The van der Waals surface area contributed by atoms with Gasteiger partial charge >= 0.3 is 6.18 Å². The Morgan fingerprint density at radius 2 is 2.15 bits per heavy atom. The van der Waals surface area contributed by atoms with Crippen molar-refractivity contribution in [2.24, 2.45) is 5.84 Å². The molecule has 1 unspecified atom stereocenters. The van der Waals surface area contributed by atoms with Crippen LogP contribution < -0.4 is 15.7 Å². The summed E-state index contributed by atoms with van der Waals surface area (Å²) in [6.07, 6.45) is -1.26. The first-order valence-electron chi connectivity index (χ1n) is 7.92. The fourth-order valence-corrected chi connectivity index (χ4v) is 3.22. The number of nitrogens with zero attached hydrogens (tertiary/aromatic N) is 3. The molecule has 3 N–H and O–H groups in total. The van der Waals surface area contributed by atoms with Crippen LogP contribution in [0.2, 0.25) is 0 Å². The van der Waals surface area contributed by atoms with Crippen LogP contribution in [0, 0.1) is 0 Å². The monoisotopic (exact) mass is 427 g/mol. The van der Waals surface area contributed by atoms with Crippen LogP contribution in [-0.4, -0.2) is 44.2 Å². The summed E-state index contributed by atoms with van der Waals surface area (Å²) in [5.74, 6) is 4.91. The van der Waals surface area contributed by atoms with Gasteiger partial charge in [-0.25, -0.2) is 5.84 Å². The number of carbonyl (C=O) groups is 1. The predicted octanol–water partition coefficient (Wildman–Crippen LogP) is 2.24. The van der Waals surface area contributed by atoms with Crippen LogP contribution in [0.25, 0.3) is 0 Å². The SMILES string of the molecule is CCN(C(=O)CCS(=O)CCC(F)(F)F)/C(=C/N(N)c1cccnc1)NCl. The maximum absolute atomic E-state index is 12.4. The van der Waals surface area contributed by atoms with E-state index in [-0.39, 0.29) is 24.5 Å². The Morgan fingerprint density at radius 3 is 2.67 bits per heavy atom. The number of nitrogens with two attached hydrogens (primary N) is 1. The van der Waals surface area contributed by atoms with Gasteiger partial charge in [-0.15, -0.1) is 0 Å². The van der Waals surface area contributed by atoms with Crippen molar-refractivity contribution in [2.45, 2.75) is 25.9 Å². The van der Waals surface area contributed by atoms with Crippen LogP contribution in [-0.2, 0) is 15.6 Å². The van der Waals surface area contributed by atoms with Crippen LogP contribution in [0.3, 0.4) is 0 Å². The summed E-state index contributed by atoms with van der Waals surface area (Å²) in [5.41, 5.74) is 0.540. The average molecular weight is 428 g/mol. The van der Waals surface area contributed by atoms with Gasteiger partial charge in [-0.3, -0.25) is 28.7 Å². The van der Waals surface area contributed by atoms with Crippen molar-refractivity contribution in [1.82, 2.24) is 14.7 Å². The standard InChI is InChI=1S/C15H21ClF3N5O2S/c1-2-23(14(25)5-8-27(26)9-6-15(17,18)19)13(22-16)11-24(20)12-4-3-7-21-10-12/h3-4,7,10-11,22H,2,5-6,8-9,20H2,1H3/b13-11+. The second kappa shape index (κ2) is 11.1. The van der Waals surface area contributed by atoms with E-state index in [2.05, 4.69) is 9.82 Å². The number of halogens is 4. The summed E-state index contributed by atoms with van der Waals surface area (Å²) in [6.45, 7) is 1.91. The zero-order valence-electron chi connectivity index (χ0n) is 14.6. The summed E-state index contributed by atoms with van der Waals surface area (Å²) in [4.78, 5) is 19.9. The van der Waals surface area contributed by atoms with Crippen molar-refractivity contribution in [3.05, 3.63) is 36.5 Å². The first-order chi connectivity index (χ1) is 12.7. The van der Waals surface area contributed by atoms with Gasteiger partial charge in [0, 0.05) is 53.2 Å². The Labute approximate surface area is 162 Å². The molecule has 1 heterocycles. The Balaban J connectivity index is 2.71. The van der Waals surface area contributed by atoms with Crippen molar-refractivity contribution >= 4 is 34.2 Å². The lowest BCUT2D eigenvalue weighted by molar-refractivity contribution is -0.130. The van der Waals surface area contributed by atoms with Crippen molar-refractivity contribution in [1.29, 1.82) is 0 Å². The number of amides is 1. The number of hydrogen-bond acceptors (Lipinski definition) is 6. The molecule has 0 aliphatic rings. The lowest BCUT2D eigenvalue weighted by atomic mass is 10.3. The molecule has 1 aromatic rings. The van der Waals surface area contributed by atoms with Crippen molar-refractivity contribution < 1.29 is 22.2 Å². The van der Waals surface area contributed by atoms with Crippen molar-refractivity contribution in [3.8, 4) is 0 Å². The first-order valence-corrected chi connectivity index (χ1v) is 9.79. The Bertz CT molecular complexity index is 661. The maximum atomic E-state index is 12.4. The molecule has 27 heavy (non-hydrogen) atoms. The molecule has 0 radical (unpaired) electrons. The fourth-order valence-electron chi connectivity index (χ4n) is 2.01. The Morgan fingerprint density at radius 1 is 1.44 bits per heavy atom. The molecular weight excluding hydrogens is 407 g/mol. The van der Waals surface area contributed by atoms with Gasteiger partial charge in [-0.2, -0.15) is 13.2 Å². The summed E-state index contributed by atoms with van der Waals surface area (Å²) < 4.78 is 48.1. The van der Waals surface area contributed by atoms with E-state index in [1.165, 1.54) is 22.3 Å². The van der Waals surface area contributed by atoms with Gasteiger partial charge in [0.25, 0.3) is 0 Å². The summed E-state index contributed by atoms with van der Waals surface area (Å²) in [7, 11) is -1.74. The fraction of sp³-hybridized carbons (Fsp3) is 0.467. The minimum Gasteiger partial charge on any atom is -0.297 e. The number of carbonyl (C=O) groups excluding carboxylic acids is 1. The number of rotatable bonds is 10. The zero-order chi connectivity index (χ0) is 20.4. The molecule has 1 amide bonds. The van der Waals surface area contributed by atoms with Gasteiger partial charge in [0.05, 0.1) is 24.5 Å². The molecule has 7 nitrogen and oxygen atoms in total. The molecule has 0 saturated carbocycles. The second-order valence-corrected chi connectivity index (χ2v) is 7.21. The largest absolute Gasteiger partial charge is 0.390 e. The van der Waals surface area contributed by atoms with Crippen LogP contribution in [0.5, 0.6) is 0 Å². The Hall–Kier alpha value is -1.85.